The normalized spacial score (nSPS) is 17.0. The van der Waals surface area contributed by atoms with Gasteiger partial charge in [0.1, 0.15) is 5.69 Å². The maximum Gasteiger partial charge on any atom is 0.267 e. The largest absolute Gasteiger partial charge is 0.364 e. The van der Waals surface area contributed by atoms with Crippen molar-refractivity contribution >= 4 is 5.91 Å². The van der Waals surface area contributed by atoms with Crippen molar-refractivity contribution in [2.45, 2.75) is 19.3 Å². The second-order valence-corrected chi connectivity index (χ2v) is 3.62. The monoisotopic (exact) mass is 193 g/mol. The molecule has 0 spiro atoms. The van der Waals surface area contributed by atoms with Crippen molar-refractivity contribution in [1.82, 2.24) is 4.68 Å². The molecule has 1 saturated heterocycles. The van der Waals surface area contributed by atoms with Gasteiger partial charge < -0.3 is 10.7 Å². The van der Waals surface area contributed by atoms with E-state index < -0.39 is 0 Å². The van der Waals surface area contributed by atoms with Crippen molar-refractivity contribution in [1.29, 1.82) is 0 Å². The van der Waals surface area contributed by atoms with Crippen LogP contribution in [0.5, 0.6) is 0 Å². The Balaban J connectivity index is 2.21. The fraction of sp³-hybridized carbons (Fsp3) is 0.500. The first-order chi connectivity index (χ1) is 6.79. The third-order valence-corrected chi connectivity index (χ3v) is 2.62. The molecule has 2 rings (SSSR count). The van der Waals surface area contributed by atoms with Crippen LogP contribution >= 0.6 is 0 Å². The maximum absolute atomic E-state index is 11.1. The zero-order chi connectivity index (χ0) is 9.97. The van der Waals surface area contributed by atoms with Crippen molar-refractivity contribution in [2.75, 3.05) is 18.1 Å². The molecule has 1 aliphatic heterocycles. The third kappa shape index (κ3) is 1.60. The summed E-state index contributed by atoms with van der Waals surface area (Å²) in [6, 6.07) is 3.62. The van der Waals surface area contributed by atoms with Crippen LogP contribution in [-0.4, -0.2) is 23.7 Å². The van der Waals surface area contributed by atoms with Crippen molar-refractivity contribution in [3.63, 3.8) is 0 Å². The number of piperidine rings is 1. The Kier molecular flexibility index (Phi) is 2.43. The number of rotatable bonds is 2. The first kappa shape index (κ1) is 9.12. The van der Waals surface area contributed by atoms with Crippen molar-refractivity contribution in [3.8, 4) is 0 Å². The number of hydrogen-bond acceptors (Lipinski definition) is 2. The minimum absolute atomic E-state index is 0.361. The first-order valence-corrected chi connectivity index (χ1v) is 5.01. The predicted molar refractivity (Wildman–Crippen MR) is 54.8 cm³/mol. The van der Waals surface area contributed by atoms with Crippen molar-refractivity contribution < 1.29 is 4.79 Å². The highest BCUT2D eigenvalue weighted by Crippen LogP contribution is 2.10. The number of amides is 1. The molecular formula is C10H15N3O. The molecule has 1 aliphatic rings. The van der Waals surface area contributed by atoms with Crippen molar-refractivity contribution in [3.05, 3.63) is 24.0 Å². The summed E-state index contributed by atoms with van der Waals surface area (Å²) < 4.78 is 1.88. The maximum atomic E-state index is 11.1. The third-order valence-electron chi connectivity index (χ3n) is 2.62. The highest BCUT2D eigenvalue weighted by Gasteiger charge is 2.14. The standard InChI is InChI=1S/C10H15N3O/c11-10(14)9-5-4-8-13(9)12-6-2-1-3-7-12/h4-5,8H,1-3,6-7H2,(H2,11,14). The molecular weight excluding hydrogens is 178 g/mol. The zero-order valence-electron chi connectivity index (χ0n) is 8.15. The first-order valence-electron chi connectivity index (χ1n) is 5.01. The lowest BCUT2D eigenvalue weighted by molar-refractivity contribution is 0.0990. The van der Waals surface area contributed by atoms with Gasteiger partial charge in [0.05, 0.1) is 0 Å². The minimum Gasteiger partial charge on any atom is -0.364 e. The second kappa shape index (κ2) is 3.74. The molecule has 1 amide bonds. The van der Waals surface area contributed by atoms with E-state index >= 15 is 0 Å². The van der Waals surface area contributed by atoms with E-state index in [1.54, 1.807) is 6.07 Å². The molecule has 4 nitrogen and oxygen atoms in total. The number of carbonyl (C=O) groups is 1. The molecule has 1 fully saturated rings. The van der Waals surface area contributed by atoms with E-state index in [2.05, 4.69) is 5.01 Å². The van der Waals surface area contributed by atoms with Crippen LogP contribution in [0.4, 0.5) is 0 Å². The van der Waals surface area contributed by atoms with Crippen LogP contribution < -0.4 is 10.7 Å². The number of nitrogens with zero attached hydrogens (tertiary/aromatic N) is 2. The number of nitrogens with two attached hydrogens (primary N) is 1. The van der Waals surface area contributed by atoms with Gasteiger partial charge in [-0.05, 0) is 31.4 Å². The quantitative estimate of drug-likeness (QED) is 0.752. The van der Waals surface area contributed by atoms with Crippen LogP contribution in [-0.2, 0) is 0 Å². The summed E-state index contributed by atoms with van der Waals surface area (Å²) in [5.41, 5.74) is 5.86. The second-order valence-electron chi connectivity index (χ2n) is 3.62. The highest BCUT2D eigenvalue weighted by molar-refractivity contribution is 5.91. The molecule has 1 aromatic heterocycles. The van der Waals surface area contributed by atoms with Gasteiger partial charge in [0.2, 0.25) is 0 Å². The molecule has 0 saturated carbocycles. The molecule has 2 N–H and O–H groups in total. The Morgan fingerprint density at radius 1 is 1.29 bits per heavy atom. The minimum atomic E-state index is -0.361. The van der Waals surface area contributed by atoms with Gasteiger partial charge in [-0.3, -0.25) is 9.47 Å². The van der Waals surface area contributed by atoms with Gasteiger partial charge in [-0.15, -0.1) is 0 Å². The van der Waals surface area contributed by atoms with E-state index in [0.29, 0.717) is 5.69 Å². The van der Waals surface area contributed by atoms with Crippen LogP contribution in [0.1, 0.15) is 29.8 Å². The van der Waals surface area contributed by atoms with Crippen LogP contribution in [0.3, 0.4) is 0 Å². The van der Waals surface area contributed by atoms with E-state index in [1.807, 2.05) is 16.9 Å². The van der Waals surface area contributed by atoms with Gasteiger partial charge in [-0.2, -0.15) is 0 Å². The van der Waals surface area contributed by atoms with E-state index in [9.17, 15) is 4.79 Å². The van der Waals surface area contributed by atoms with Gasteiger partial charge >= 0.3 is 0 Å². The van der Waals surface area contributed by atoms with Crippen LogP contribution in [0.2, 0.25) is 0 Å². The predicted octanol–water partition coefficient (Wildman–Crippen LogP) is 0.709. The molecule has 0 bridgehead atoms. The summed E-state index contributed by atoms with van der Waals surface area (Å²) in [4.78, 5) is 11.1. The number of primary amides is 1. The Morgan fingerprint density at radius 3 is 2.64 bits per heavy atom. The Bertz CT molecular complexity index is 326. The number of carbonyl (C=O) groups excluding carboxylic acids is 1. The van der Waals surface area contributed by atoms with E-state index in [-0.39, 0.29) is 5.91 Å². The lowest BCUT2D eigenvalue weighted by Gasteiger charge is -2.30. The molecule has 0 aliphatic carbocycles. The highest BCUT2D eigenvalue weighted by atomic mass is 16.1. The van der Waals surface area contributed by atoms with Crippen LogP contribution in [0.15, 0.2) is 18.3 Å². The molecule has 76 valence electrons. The lowest BCUT2D eigenvalue weighted by Crippen LogP contribution is -2.40. The summed E-state index contributed by atoms with van der Waals surface area (Å²) >= 11 is 0. The Morgan fingerprint density at radius 2 is 2.00 bits per heavy atom. The number of hydrogen-bond donors (Lipinski definition) is 1. The van der Waals surface area contributed by atoms with Gasteiger partial charge in [0, 0.05) is 19.3 Å². The summed E-state index contributed by atoms with van der Waals surface area (Å²) in [5.74, 6) is -0.361. The lowest BCUT2D eigenvalue weighted by atomic mass is 10.2. The van der Waals surface area contributed by atoms with E-state index in [0.717, 1.165) is 13.1 Å². The molecule has 0 unspecified atom stereocenters. The van der Waals surface area contributed by atoms with Gasteiger partial charge in [0.15, 0.2) is 0 Å². The molecule has 0 radical (unpaired) electrons. The summed E-state index contributed by atoms with van der Waals surface area (Å²) in [6.07, 6.45) is 5.56. The Labute approximate surface area is 83.3 Å². The van der Waals surface area contributed by atoms with Crippen LogP contribution in [0.25, 0.3) is 0 Å². The average Bonchev–Trinajstić information content (AvgIpc) is 2.67. The molecule has 2 heterocycles. The summed E-state index contributed by atoms with van der Waals surface area (Å²) in [5, 5.41) is 2.17. The fourth-order valence-corrected chi connectivity index (χ4v) is 1.91. The summed E-state index contributed by atoms with van der Waals surface area (Å²) in [6.45, 7) is 2.02. The average molecular weight is 193 g/mol. The van der Waals surface area contributed by atoms with Gasteiger partial charge in [0.25, 0.3) is 5.91 Å². The molecule has 14 heavy (non-hydrogen) atoms. The van der Waals surface area contributed by atoms with E-state index in [4.69, 9.17) is 5.73 Å². The smallest absolute Gasteiger partial charge is 0.267 e. The molecule has 0 aromatic carbocycles. The summed E-state index contributed by atoms with van der Waals surface area (Å²) in [7, 11) is 0. The van der Waals surface area contributed by atoms with Gasteiger partial charge in [-0.1, -0.05) is 0 Å². The molecule has 4 heteroatoms. The molecule has 1 aromatic rings. The fourth-order valence-electron chi connectivity index (χ4n) is 1.91. The zero-order valence-corrected chi connectivity index (χ0v) is 8.15. The van der Waals surface area contributed by atoms with Gasteiger partial charge in [-0.25, -0.2) is 0 Å². The topological polar surface area (TPSA) is 51.3 Å². The number of aromatic nitrogens is 1. The van der Waals surface area contributed by atoms with Crippen LogP contribution in [0, 0.1) is 0 Å². The SMILES string of the molecule is NC(=O)c1cccn1N1CCCCC1. The molecule has 0 atom stereocenters. The Hall–Kier alpha value is -1.45. The van der Waals surface area contributed by atoms with Crippen molar-refractivity contribution in [2.24, 2.45) is 5.73 Å². The van der Waals surface area contributed by atoms with E-state index in [1.165, 1.54) is 19.3 Å².